The molecule has 0 aromatic heterocycles. The Kier molecular flexibility index (Phi) is 6.52. The molecule has 0 aliphatic heterocycles. The summed E-state index contributed by atoms with van der Waals surface area (Å²) >= 11 is 0. The largest absolute Gasteiger partial charge is 0.396 e. The first-order chi connectivity index (χ1) is 6.99. The van der Waals surface area contributed by atoms with Crippen molar-refractivity contribution < 1.29 is 9.90 Å². The zero-order valence-electron chi connectivity index (χ0n) is 10.1. The Morgan fingerprint density at radius 1 is 1.47 bits per heavy atom. The second kappa shape index (κ2) is 6.80. The Balaban J connectivity index is 4.35. The highest BCUT2D eigenvalue weighted by molar-refractivity contribution is 5.85. The predicted octanol–water partition coefficient (Wildman–Crippen LogP) is 0.735. The van der Waals surface area contributed by atoms with Crippen LogP contribution in [-0.4, -0.2) is 41.1 Å². The van der Waals surface area contributed by atoms with Gasteiger partial charge in [-0.1, -0.05) is 13.3 Å². The minimum absolute atomic E-state index is 0.0136. The van der Waals surface area contributed by atoms with Gasteiger partial charge in [0.15, 0.2) is 0 Å². The molecular weight excluding hydrogens is 192 g/mol. The molecule has 0 rings (SSSR count). The molecule has 0 aliphatic carbocycles. The molecule has 0 bridgehead atoms. The third kappa shape index (κ3) is 4.62. The van der Waals surface area contributed by atoms with Crippen molar-refractivity contribution in [3.05, 3.63) is 0 Å². The van der Waals surface area contributed by atoms with Crippen molar-refractivity contribution >= 4 is 5.91 Å². The molecule has 0 fully saturated rings. The average molecular weight is 216 g/mol. The van der Waals surface area contributed by atoms with E-state index < -0.39 is 5.54 Å². The fourth-order valence-electron chi connectivity index (χ4n) is 1.65. The third-order valence-electron chi connectivity index (χ3n) is 2.51. The van der Waals surface area contributed by atoms with E-state index in [4.69, 9.17) is 10.8 Å². The van der Waals surface area contributed by atoms with Gasteiger partial charge in [-0.3, -0.25) is 4.79 Å². The number of nitrogens with two attached hydrogens (primary N) is 1. The van der Waals surface area contributed by atoms with Gasteiger partial charge in [0.1, 0.15) is 0 Å². The second-order valence-electron chi connectivity index (χ2n) is 4.13. The molecule has 0 saturated carbocycles. The van der Waals surface area contributed by atoms with Gasteiger partial charge in [-0.25, -0.2) is 0 Å². The third-order valence-corrected chi connectivity index (χ3v) is 2.51. The standard InChI is InChI=1S/C11H24N2O2/c1-4-7-11(3,12)10(15)13(5-2)8-6-9-14/h14H,4-9,12H2,1-3H3. The summed E-state index contributed by atoms with van der Waals surface area (Å²) in [5, 5.41) is 8.73. The number of carbonyl (C=O) groups excluding carboxylic acids is 1. The van der Waals surface area contributed by atoms with Crippen LogP contribution in [0, 0.1) is 0 Å². The molecule has 0 radical (unpaired) electrons. The predicted molar refractivity (Wildman–Crippen MR) is 61.5 cm³/mol. The van der Waals surface area contributed by atoms with Crippen LogP contribution in [0.3, 0.4) is 0 Å². The normalized spacial score (nSPS) is 14.7. The average Bonchev–Trinajstić information content (AvgIpc) is 2.18. The van der Waals surface area contributed by atoms with Crippen molar-refractivity contribution in [3.63, 3.8) is 0 Å². The van der Waals surface area contributed by atoms with E-state index in [-0.39, 0.29) is 12.5 Å². The lowest BCUT2D eigenvalue weighted by Crippen LogP contribution is -2.53. The highest BCUT2D eigenvalue weighted by Gasteiger charge is 2.30. The summed E-state index contributed by atoms with van der Waals surface area (Å²) in [5.74, 6) is -0.0136. The maximum absolute atomic E-state index is 12.0. The summed E-state index contributed by atoms with van der Waals surface area (Å²) in [7, 11) is 0. The van der Waals surface area contributed by atoms with Gasteiger partial charge in [0.05, 0.1) is 5.54 Å². The molecule has 1 unspecified atom stereocenters. The number of aliphatic hydroxyl groups excluding tert-OH is 1. The number of nitrogens with zero attached hydrogens (tertiary/aromatic N) is 1. The van der Waals surface area contributed by atoms with E-state index in [1.165, 1.54) is 0 Å². The second-order valence-corrected chi connectivity index (χ2v) is 4.13. The number of hydrogen-bond acceptors (Lipinski definition) is 3. The van der Waals surface area contributed by atoms with Gasteiger partial charge in [-0.2, -0.15) is 0 Å². The quantitative estimate of drug-likeness (QED) is 0.659. The van der Waals surface area contributed by atoms with Gasteiger partial charge >= 0.3 is 0 Å². The molecule has 4 heteroatoms. The molecule has 0 aromatic carbocycles. The molecule has 1 atom stereocenters. The minimum atomic E-state index is -0.764. The Morgan fingerprint density at radius 2 is 2.07 bits per heavy atom. The fourth-order valence-corrected chi connectivity index (χ4v) is 1.65. The van der Waals surface area contributed by atoms with Gasteiger partial charge in [-0.15, -0.1) is 0 Å². The number of likely N-dealkylation sites (N-methyl/N-ethyl adjacent to an activating group) is 1. The lowest BCUT2D eigenvalue weighted by Gasteiger charge is -2.30. The van der Waals surface area contributed by atoms with Crippen LogP contribution in [0.1, 0.15) is 40.0 Å². The van der Waals surface area contributed by atoms with Crippen molar-refractivity contribution in [3.8, 4) is 0 Å². The van der Waals surface area contributed by atoms with Gasteiger partial charge in [0, 0.05) is 19.7 Å². The van der Waals surface area contributed by atoms with Crippen LogP contribution in [0.15, 0.2) is 0 Å². The van der Waals surface area contributed by atoms with Crippen LogP contribution in [0.5, 0.6) is 0 Å². The summed E-state index contributed by atoms with van der Waals surface area (Å²) in [6, 6.07) is 0. The fraction of sp³-hybridized carbons (Fsp3) is 0.909. The lowest BCUT2D eigenvalue weighted by molar-refractivity contribution is -0.136. The van der Waals surface area contributed by atoms with Crippen LogP contribution < -0.4 is 5.73 Å². The van der Waals surface area contributed by atoms with E-state index in [0.717, 1.165) is 6.42 Å². The summed E-state index contributed by atoms with van der Waals surface area (Å²) in [6.45, 7) is 7.07. The van der Waals surface area contributed by atoms with E-state index in [0.29, 0.717) is 25.9 Å². The van der Waals surface area contributed by atoms with Crippen molar-refractivity contribution in [2.45, 2.75) is 45.6 Å². The first kappa shape index (κ1) is 14.4. The van der Waals surface area contributed by atoms with E-state index >= 15 is 0 Å². The van der Waals surface area contributed by atoms with Crippen molar-refractivity contribution in [2.75, 3.05) is 19.7 Å². The first-order valence-corrected chi connectivity index (χ1v) is 5.68. The molecule has 1 amide bonds. The number of carbonyl (C=O) groups is 1. The van der Waals surface area contributed by atoms with Gasteiger partial charge in [0.2, 0.25) is 5.91 Å². The SMILES string of the molecule is CCCC(C)(N)C(=O)N(CC)CCCO. The summed E-state index contributed by atoms with van der Waals surface area (Å²) < 4.78 is 0. The molecule has 90 valence electrons. The minimum Gasteiger partial charge on any atom is -0.396 e. The zero-order chi connectivity index (χ0) is 11.9. The molecule has 0 heterocycles. The molecular formula is C11H24N2O2. The van der Waals surface area contributed by atoms with Crippen LogP contribution >= 0.6 is 0 Å². The number of hydrogen-bond donors (Lipinski definition) is 2. The van der Waals surface area contributed by atoms with E-state index in [9.17, 15) is 4.79 Å². The number of amides is 1. The van der Waals surface area contributed by atoms with Crippen LogP contribution in [-0.2, 0) is 4.79 Å². The van der Waals surface area contributed by atoms with Crippen molar-refractivity contribution in [1.82, 2.24) is 4.90 Å². The van der Waals surface area contributed by atoms with Gasteiger partial charge in [0.25, 0.3) is 0 Å². The van der Waals surface area contributed by atoms with E-state index in [1.54, 1.807) is 11.8 Å². The Hall–Kier alpha value is -0.610. The lowest BCUT2D eigenvalue weighted by atomic mass is 9.95. The van der Waals surface area contributed by atoms with Crippen molar-refractivity contribution in [1.29, 1.82) is 0 Å². The van der Waals surface area contributed by atoms with Crippen LogP contribution in [0.4, 0.5) is 0 Å². The highest BCUT2D eigenvalue weighted by Crippen LogP contribution is 2.12. The van der Waals surface area contributed by atoms with Gasteiger partial charge < -0.3 is 15.7 Å². The van der Waals surface area contributed by atoms with Crippen LogP contribution in [0.25, 0.3) is 0 Å². The molecule has 0 spiro atoms. The van der Waals surface area contributed by atoms with E-state index in [1.807, 2.05) is 13.8 Å². The van der Waals surface area contributed by atoms with Crippen molar-refractivity contribution in [2.24, 2.45) is 5.73 Å². The van der Waals surface area contributed by atoms with Gasteiger partial charge in [-0.05, 0) is 26.7 Å². The summed E-state index contributed by atoms with van der Waals surface area (Å²) in [4.78, 5) is 13.7. The topological polar surface area (TPSA) is 66.6 Å². The molecule has 3 N–H and O–H groups in total. The smallest absolute Gasteiger partial charge is 0.242 e. The molecule has 0 aliphatic rings. The number of aliphatic hydroxyl groups is 1. The maximum atomic E-state index is 12.0. The van der Waals surface area contributed by atoms with E-state index in [2.05, 4.69) is 0 Å². The summed E-state index contributed by atoms with van der Waals surface area (Å²) in [5.41, 5.74) is 5.20. The summed E-state index contributed by atoms with van der Waals surface area (Å²) in [6.07, 6.45) is 2.21. The molecule has 0 aromatic rings. The molecule has 4 nitrogen and oxygen atoms in total. The molecule has 0 saturated heterocycles. The highest BCUT2D eigenvalue weighted by atomic mass is 16.3. The maximum Gasteiger partial charge on any atom is 0.242 e. The first-order valence-electron chi connectivity index (χ1n) is 5.68. The Labute approximate surface area is 92.4 Å². The Bertz CT molecular complexity index is 193. The molecule has 15 heavy (non-hydrogen) atoms. The Morgan fingerprint density at radius 3 is 2.47 bits per heavy atom. The monoisotopic (exact) mass is 216 g/mol. The number of rotatable bonds is 7. The zero-order valence-corrected chi connectivity index (χ0v) is 10.1. The van der Waals surface area contributed by atoms with Crippen LogP contribution in [0.2, 0.25) is 0 Å².